The molecule has 0 unspecified atom stereocenters. The number of ether oxygens (including phenoxy) is 1. The Hall–Kier alpha value is -7.46. The van der Waals surface area contributed by atoms with Crippen LogP contribution >= 0.6 is 0 Å². The topological polar surface area (TPSA) is 102 Å². The first-order valence-electron chi connectivity index (χ1n) is 21.7. The Morgan fingerprint density at radius 1 is 0.551 bits per heavy atom. The summed E-state index contributed by atoms with van der Waals surface area (Å²) in [6, 6.07) is 68.6. The first-order valence-corrected chi connectivity index (χ1v) is 21.7. The number of hydrogen-bond acceptors (Lipinski definition) is 11. The number of fused-ring (bicyclic) bond motifs is 3. The zero-order valence-electron chi connectivity index (χ0n) is 37.1. The fourth-order valence-electron chi connectivity index (χ4n) is 8.14. The van der Waals surface area contributed by atoms with Gasteiger partial charge < -0.3 is 44.1 Å². The van der Waals surface area contributed by atoms with E-state index in [9.17, 15) is 5.26 Å². The minimum absolute atomic E-state index is 0. The zero-order chi connectivity index (χ0) is 45.5. The molecule has 0 saturated heterocycles. The van der Waals surface area contributed by atoms with Crippen LogP contribution in [-0.2, 0) is 41.2 Å². The van der Waals surface area contributed by atoms with Gasteiger partial charge in [0.15, 0.2) is 0 Å². The third-order valence-corrected chi connectivity index (χ3v) is 11.4. The van der Waals surface area contributed by atoms with Crippen LogP contribution in [0.25, 0.3) is 11.4 Å². The van der Waals surface area contributed by atoms with E-state index in [0.717, 1.165) is 54.4 Å². The van der Waals surface area contributed by atoms with E-state index in [1.807, 2.05) is 90.2 Å². The molecule has 11 rings (SSSR count). The van der Waals surface area contributed by atoms with Gasteiger partial charge in [-0.3, -0.25) is 0 Å². The van der Waals surface area contributed by atoms with E-state index in [-0.39, 0.29) is 52.5 Å². The molecule has 3 aliphatic rings. The number of anilines is 9. The normalized spacial score (nSPS) is 12.9. The van der Waals surface area contributed by atoms with Crippen LogP contribution in [-0.4, -0.2) is 30.1 Å². The van der Waals surface area contributed by atoms with Crippen molar-refractivity contribution in [3.05, 3.63) is 219 Å². The molecule has 0 N–H and O–H groups in total. The summed E-state index contributed by atoms with van der Waals surface area (Å²) in [6.07, 6.45) is 5.03. The van der Waals surface area contributed by atoms with E-state index in [0.29, 0.717) is 22.7 Å². The molecule has 11 nitrogen and oxygen atoms in total. The van der Waals surface area contributed by atoms with Gasteiger partial charge in [-0.25, -0.2) is 16.6 Å². The first kappa shape index (κ1) is 48.0. The Bertz CT molecular complexity index is 2990. The van der Waals surface area contributed by atoms with E-state index in [1.54, 1.807) is 6.07 Å². The largest absolute Gasteiger partial charge is 0.509 e. The van der Waals surface area contributed by atoms with Gasteiger partial charge in [0, 0.05) is 104 Å². The van der Waals surface area contributed by atoms with Gasteiger partial charge in [0.1, 0.15) is 0 Å². The van der Waals surface area contributed by atoms with Crippen molar-refractivity contribution in [2.45, 2.75) is 12.8 Å². The van der Waals surface area contributed by atoms with Crippen LogP contribution in [0.15, 0.2) is 158 Å². The van der Waals surface area contributed by atoms with Crippen LogP contribution in [0.3, 0.4) is 0 Å². The van der Waals surface area contributed by atoms with Gasteiger partial charge >= 0.3 is 0 Å². The van der Waals surface area contributed by atoms with Crippen molar-refractivity contribution in [3.63, 3.8) is 0 Å². The summed E-state index contributed by atoms with van der Waals surface area (Å²) in [7, 11) is 1.99. The number of unbranched alkanes of at least 4 members (excludes halogenated alkanes) is 1. The molecule has 13 heteroatoms. The van der Waals surface area contributed by atoms with Crippen molar-refractivity contribution in [2.75, 3.05) is 49.5 Å². The van der Waals surface area contributed by atoms with Gasteiger partial charge in [-0.15, -0.1) is 46.6 Å². The van der Waals surface area contributed by atoms with E-state index >= 15 is 0 Å². The standard InChI is InChI=1S/C30H26N4.C26H14N6O.Ir.Pt/c1-3-13-25(14-4-1)33-23-31(27-17-7-9-19-29(27)33)21-11-12-22-32-24-34(26-15-5-2-6-16-26)30-20-10-8-18-28(30)32;1-31-17-32(25-8-3-2-7-24(25)31)20-5-4-6-21(11-20)33-26-12-23(30-16-19(26)14-28)22-10-9-18(13-27)15-29-22;;/h1-10,13,15,17-20,23-24H,11-12,21-22H2;2-9,15-17H,1H3;;/q2*-4;;. The fourth-order valence-corrected chi connectivity index (χ4v) is 8.14. The summed E-state index contributed by atoms with van der Waals surface area (Å²) >= 11 is 0. The molecule has 0 aliphatic carbocycles. The van der Waals surface area contributed by atoms with E-state index < -0.39 is 0 Å². The second-order valence-electron chi connectivity index (χ2n) is 15.7. The molecule has 1 radical (unpaired) electrons. The molecule has 5 heterocycles. The SMILES string of the molecule is CN1[CH-]N(c2[c-]c(Oc3[c-]c(-c4[c-]cc(C#N)cn4)ncc3C#N)ccc2)c2ccccc21.[Ir].[Pt].[c-]1ccccc1N1[CH-]N(CCCCN2[CH-]N(c3[c-]cccc3)c3ccccc32)c2ccccc21. The summed E-state index contributed by atoms with van der Waals surface area (Å²) in [5.74, 6) is 0.632. The van der Waals surface area contributed by atoms with E-state index in [4.69, 9.17) is 10.00 Å². The van der Waals surface area contributed by atoms with Crippen LogP contribution < -0.4 is 34.1 Å². The number of pyridine rings is 2. The van der Waals surface area contributed by atoms with Gasteiger partial charge in [-0.1, -0.05) is 36.4 Å². The minimum Gasteiger partial charge on any atom is -0.509 e. The predicted molar refractivity (Wildman–Crippen MR) is 261 cm³/mol. The van der Waals surface area contributed by atoms with Crippen molar-refractivity contribution in [1.82, 2.24) is 9.97 Å². The molecule has 3 aliphatic heterocycles. The molecular formula is C56H40IrN10OPt-8. The first-order chi connectivity index (χ1) is 33.0. The average molecular weight is 1260 g/mol. The van der Waals surface area contributed by atoms with E-state index in [1.165, 1.54) is 41.2 Å². The third kappa shape index (κ3) is 10.4. The molecule has 0 bridgehead atoms. The smallest absolute Gasteiger partial charge is 0.0369 e. The number of benzene rings is 6. The Morgan fingerprint density at radius 2 is 1.07 bits per heavy atom. The zero-order valence-corrected chi connectivity index (χ0v) is 41.8. The number of aromatic nitrogens is 2. The summed E-state index contributed by atoms with van der Waals surface area (Å²) in [5.41, 5.74) is 11.3. The molecule has 2 aromatic heterocycles. The minimum atomic E-state index is 0. The second kappa shape index (κ2) is 22.1. The molecule has 8 aromatic rings. The average Bonchev–Trinajstić information content (AvgIpc) is 4.07. The summed E-state index contributed by atoms with van der Waals surface area (Å²) in [6.45, 7) is 8.35. The molecule has 0 saturated carbocycles. The maximum Gasteiger partial charge on any atom is 0.0369 e. The van der Waals surface area contributed by atoms with Crippen molar-refractivity contribution in [1.29, 1.82) is 10.5 Å². The Labute approximate surface area is 431 Å². The Morgan fingerprint density at radius 3 is 1.61 bits per heavy atom. The van der Waals surface area contributed by atoms with Crippen molar-refractivity contribution in [3.8, 4) is 35.0 Å². The monoisotopic (exact) mass is 1260 g/mol. The molecule has 6 aromatic carbocycles. The van der Waals surface area contributed by atoms with Crippen LogP contribution in [0.4, 0.5) is 51.2 Å². The Kier molecular flexibility index (Phi) is 15.4. The number of rotatable bonds is 11. The molecule has 347 valence electrons. The number of para-hydroxylation sites is 8. The number of hydrogen-bond donors (Lipinski definition) is 0. The molecule has 0 spiro atoms. The molecular weight excluding hydrogens is 1220 g/mol. The van der Waals surface area contributed by atoms with Crippen LogP contribution in [0.1, 0.15) is 24.0 Å². The summed E-state index contributed by atoms with van der Waals surface area (Å²) in [4.78, 5) is 21.7. The maximum absolute atomic E-state index is 9.51. The molecule has 0 fully saturated rings. The second-order valence-corrected chi connectivity index (χ2v) is 15.7. The van der Waals surface area contributed by atoms with Gasteiger partial charge in [0.05, 0.1) is 0 Å². The fraction of sp³-hybridized carbons (Fsp3) is 0.0893. The molecule has 0 atom stereocenters. The third-order valence-electron chi connectivity index (χ3n) is 11.4. The Balaban J connectivity index is 0.000000181. The van der Waals surface area contributed by atoms with Gasteiger partial charge in [-0.2, -0.15) is 98.9 Å². The maximum atomic E-state index is 9.51. The van der Waals surface area contributed by atoms with Crippen molar-refractivity contribution in [2.24, 2.45) is 0 Å². The molecule has 69 heavy (non-hydrogen) atoms. The summed E-state index contributed by atoms with van der Waals surface area (Å²) < 4.78 is 6.00. The van der Waals surface area contributed by atoms with Crippen LogP contribution in [0.2, 0.25) is 0 Å². The quantitative estimate of drug-likeness (QED) is 0.0914. The van der Waals surface area contributed by atoms with Gasteiger partial charge in [0.25, 0.3) is 0 Å². The number of nitrogens with zero attached hydrogens (tertiary/aromatic N) is 10. The number of nitriles is 2. The van der Waals surface area contributed by atoms with E-state index in [2.05, 4.69) is 152 Å². The molecule has 0 amide bonds. The van der Waals surface area contributed by atoms with Crippen LogP contribution in [0, 0.1) is 73.0 Å². The summed E-state index contributed by atoms with van der Waals surface area (Å²) in [5, 5.41) is 18.5. The van der Waals surface area contributed by atoms with Crippen LogP contribution in [0.5, 0.6) is 11.5 Å². The van der Waals surface area contributed by atoms with Gasteiger partial charge in [-0.05, 0) is 87.3 Å². The van der Waals surface area contributed by atoms with Crippen molar-refractivity contribution >= 4 is 51.2 Å². The van der Waals surface area contributed by atoms with Gasteiger partial charge in [0.2, 0.25) is 0 Å². The predicted octanol–water partition coefficient (Wildman–Crippen LogP) is 11.7. The van der Waals surface area contributed by atoms with Crippen molar-refractivity contribution < 1.29 is 45.9 Å².